The smallest absolute Gasteiger partial charge is 0.275 e. The van der Waals surface area contributed by atoms with Crippen LogP contribution in [0.4, 0.5) is 0 Å². The van der Waals surface area contributed by atoms with Gasteiger partial charge in [-0.25, -0.2) is 0 Å². The van der Waals surface area contributed by atoms with Gasteiger partial charge in [-0.1, -0.05) is 36.2 Å². The third kappa shape index (κ3) is 5.35. The molecule has 1 N–H and O–H groups in total. The van der Waals surface area contributed by atoms with Gasteiger partial charge in [-0.2, -0.15) is 5.10 Å². The molecule has 1 fully saturated rings. The number of aromatic nitrogens is 2. The first-order chi connectivity index (χ1) is 15.9. The lowest BCUT2D eigenvalue weighted by Crippen LogP contribution is -2.49. The number of amides is 2. The molecule has 7 nitrogen and oxygen atoms in total. The predicted octanol–water partition coefficient (Wildman–Crippen LogP) is 4.09. The van der Waals surface area contributed by atoms with E-state index < -0.39 is 6.10 Å². The molecule has 1 atom stereocenters. The number of hydrogen-bond acceptors (Lipinski definition) is 4. The molecule has 0 radical (unpaired) electrons. The largest absolute Gasteiger partial charge is 0.481 e. The van der Waals surface area contributed by atoms with Crippen LogP contribution in [-0.4, -0.2) is 52.2 Å². The summed E-state index contributed by atoms with van der Waals surface area (Å²) in [6.07, 6.45) is 6.93. The van der Waals surface area contributed by atoms with Crippen molar-refractivity contribution >= 4 is 23.4 Å². The highest BCUT2D eigenvalue weighted by molar-refractivity contribution is 6.33. The number of nitrogens with zero attached hydrogens (tertiary/aromatic N) is 3. The minimum Gasteiger partial charge on any atom is -0.481 e. The van der Waals surface area contributed by atoms with Crippen molar-refractivity contribution in [2.45, 2.75) is 65.0 Å². The van der Waals surface area contributed by atoms with Crippen molar-refractivity contribution in [1.29, 1.82) is 0 Å². The average Bonchev–Trinajstić information content (AvgIpc) is 3.21. The summed E-state index contributed by atoms with van der Waals surface area (Å²) in [7, 11) is 0. The molecule has 0 unspecified atom stereocenters. The highest BCUT2D eigenvalue weighted by Crippen LogP contribution is 2.37. The van der Waals surface area contributed by atoms with Gasteiger partial charge in [-0.3, -0.25) is 14.3 Å². The minimum absolute atomic E-state index is 0.0164. The zero-order valence-electron chi connectivity index (χ0n) is 19.5. The van der Waals surface area contributed by atoms with Crippen LogP contribution in [-0.2, 0) is 17.8 Å². The van der Waals surface area contributed by atoms with E-state index in [1.165, 1.54) is 0 Å². The van der Waals surface area contributed by atoms with E-state index in [0.717, 1.165) is 49.8 Å². The topological polar surface area (TPSA) is 76.5 Å². The van der Waals surface area contributed by atoms with Crippen LogP contribution in [0.3, 0.4) is 0 Å². The summed E-state index contributed by atoms with van der Waals surface area (Å²) in [4.78, 5) is 27.6. The highest BCUT2D eigenvalue weighted by Gasteiger charge is 2.37. The van der Waals surface area contributed by atoms with Crippen LogP contribution in [0.1, 0.15) is 62.0 Å². The highest BCUT2D eigenvalue weighted by atomic mass is 35.5. The van der Waals surface area contributed by atoms with Gasteiger partial charge >= 0.3 is 0 Å². The van der Waals surface area contributed by atoms with Gasteiger partial charge in [0.2, 0.25) is 0 Å². The quantitative estimate of drug-likeness (QED) is 0.714. The summed E-state index contributed by atoms with van der Waals surface area (Å²) in [5.74, 6) is 0.587. The first-order valence-corrected chi connectivity index (χ1v) is 12.3. The Morgan fingerprint density at radius 2 is 2.00 bits per heavy atom. The van der Waals surface area contributed by atoms with Crippen LogP contribution in [0.2, 0.25) is 5.02 Å². The monoisotopic (exact) mass is 472 g/mol. The Hall–Kier alpha value is -2.54. The number of fused-ring (bicyclic) bond motifs is 1. The standard InChI is InChI=1S/C25H33ClN4O3/c1-3-30-16-20(26)22(28-30)24(32)29-14-12-25(13-15-29)11-7-6-9-19-8-4-5-10-21(19)33-18(2)23(31)27-17-25/h4-5,8,10,16,18H,3,6-7,9,11-15,17H2,1-2H3,(H,27,31)/t18-/m1/s1. The van der Waals surface area contributed by atoms with Crippen molar-refractivity contribution < 1.29 is 14.3 Å². The fourth-order valence-corrected chi connectivity index (χ4v) is 5.09. The number of nitrogens with one attached hydrogen (secondary N) is 1. The number of likely N-dealkylation sites (tertiary alicyclic amines) is 1. The van der Waals surface area contributed by atoms with E-state index in [-0.39, 0.29) is 17.2 Å². The maximum absolute atomic E-state index is 13.0. The van der Waals surface area contributed by atoms with Crippen LogP contribution in [0, 0.1) is 5.41 Å². The number of benzene rings is 1. The van der Waals surface area contributed by atoms with E-state index >= 15 is 0 Å². The number of para-hydroxylation sites is 1. The molecule has 1 saturated heterocycles. The van der Waals surface area contributed by atoms with Gasteiger partial charge in [0.15, 0.2) is 11.8 Å². The first-order valence-electron chi connectivity index (χ1n) is 12.0. The fraction of sp³-hybridized carbons (Fsp3) is 0.560. The number of ether oxygens (including phenoxy) is 1. The van der Waals surface area contributed by atoms with Gasteiger partial charge in [-0.05, 0) is 63.0 Å². The second-order valence-electron chi connectivity index (χ2n) is 9.27. The zero-order valence-corrected chi connectivity index (χ0v) is 20.2. The number of aryl methyl sites for hydroxylation is 2. The van der Waals surface area contributed by atoms with Crippen LogP contribution < -0.4 is 10.1 Å². The molecule has 33 heavy (non-hydrogen) atoms. The lowest BCUT2D eigenvalue weighted by Gasteiger charge is -2.42. The Kier molecular flexibility index (Phi) is 7.27. The molecule has 2 aliphatic heterocycles. The van der Waals surface area contributed by atoms with Crippen molar-refractivity contribution in [2.75, 3.05) is 19.6 Å². The second kappa shape index (κ2) is 10.2. The molecular weight excluding hydrogens is 440 g/mol. The van der Waals surface area contributed by atoms with Crippen molar-refractivity contribution in [2.24, 2.45) is 5.41 Å². The Bertz CT molecular complexity index is 997. The molecule has 0 saturated carbocycles. The molecule has 8 heteroatoms. The normalized spacial score (nSPS) is 21.4. The Balaban J connectivity index is 1.43. The molecular formula is C25H33ClN4O3. The number of hydrogen-bond donors (Lipinski definition) is 1. The Labute approximate surface area is 200 Å². The Morgan fingerprint density at radius 1 is 1.24 bits per heavy atom. The lowest BCUT2D eigenvalue weighted by atomic mass is 9.74. The SMILES string of the molecule is CCn1cc(Cl)c(C(=O)N2CCC3(CCCCc4ccccc4O[C@H](C)C(=O)NC3)CC2)n1. The summed E-state index contributed by atoms with van der Waals surface area (Å²) in [5.41, 5.74) is 1.46. The van der Waals surface area contributed by atoms with Crippen LogP contribution in [0.15, 0.2) is 30.5 Å². The van der Waals surface area contributed by atoms with E-state index in [9.17, 15) is 9.59 Å². The van der Waals surface area contributed by atoms with E-state index in [2.05, 4.69) is 16.5 Å². The van der Waals surface area contributed by atoms with E-state index in [4.69, 9.17) is 16.3 Å². The van der Waals surface area contributed by atoms with E-state index in [0.29, 0.717) is 36.9 Å². The molecule has 2 aliphatic rings. The molecule has 0 aliphatic carbocycles. The molecule has 0 bridgehead atoms. The van der Waals surface area contributed by atoms with Crippen LogP contribution >= 0.6 is 11.6 Å². The van der Waals surface area contributed by atoms with E-state index in [1.54, 1.807) is 17.8 Å². The summed E-state index contributed by atoms with van der Waals surface area (Å²) in [6.45, 7) is 6.31. The van der Waals surface area contributed by atoms with Crippen molar-refractivity contribution in [3.05, 3.63) is 46.7 Å². The number of halogens is 1. The lowest BCUT2D eigenvalue weighted by molar-refractivity contribution is -0.128. The molecule has 1 aromatic heterocycles. The van der Waals surface area contributed by atoms with Gasteiger partial charge in [0.1, 0.15) is 5.75 Å². The summed E-state index contributed by atoms with van der Waals surface area (Å²) in [6, 6.07) is 7.98. The van der Waals surface area contributed by atoms with E-state index in [1.807, 2.05) is 30.0 Å². The molecule has 2 amide bonds. The van der Waals surface area contributed by atoms with Crippen LogP contribution in [0.5, 0.6) is 5.75 Å². The van der Waals surface area contributed by atoms with Gasteiger partial charge < -0.3 is 15.0 Å². The van der Waals surface area contributed by atoms with Crippen molar-refractivity contribution in [3.8, 4) is 5.75 Å². The second-order valence-corrected chi connectivity index (χ2v) is 9.67. The molecule has 1 aromatic carbocycles. The van der Waals surface area contributed by atoms with Gasteiger partial charge in [0, 0.05) is 32.4 Å². The average molecular weight is 473 g/mol. The maximum Gasteiger partial charge on any atom is 0.275 e. The molecule has 1 spiro atoms. The third-order valence-corrected chi connectivity index (χ3v) is 7.32. The molecule has 4 rings (SSSR count). The van der Waals surface area contributed by atoms with Gasteiger partial charge in [-0.15, -0.1) is 0 Å². The predicted molar refractivity (Wildman–Crippen MR) is 128 cm³/mol. The Morgan fingerprint density at radius 3 is 2.73 bits per heavy atom. The van der Waals surface area contributed by atoms with Gasteiger partial charge in [0.05, 0.1) is 5.02 Å². The molecule has 3 heterocycles. The van der Waals surface area contributed by atoms with Crippen molar-refractivity contribution in [3.63, 3.8) is 0 Å². The number of carbonyl (C=O) groups is 2. The molecule has 2 aromatic rings. The van der Waals surface area contributed by atoms with Crippen molar-refractivity contribution in [1.82, 2.24) is 20.0 Å². The number of carbonyl (C=O) groups excluding carboxylic acids is 2. The minimum atomic E-state index is -0.555. The zero-order chi connectivity index (χ0) is 23.4. The first kappa shape index (κ1) is 23.6. The van der Waals surface area contributed by atoms with Gasteiger partial charge in [0.25, 0.3) is 11.8 Å². The summed E-state index contributed by atoms with van der Waals surface area (Å²) >= 11 is 6.26. The number of piperidine rings is 1. The third-order valence-electron chi connectivity index (χ3n) is 7.04. The number of rotatable bonds is 2. The summed E-state index contributed by atoms with van der Waals surface area (Å²) in [5, 5.41) is 7.87. The van der Waals surface area contributed by atoms with Crippen LogP contribution in [0.25, 0.3) is 0 Å². The molecule has 178 valence electrons. The maximum atomic E-state index is 13.0. The summed E-state index contributed by atoms with van der Waals surface area (Å²) < 4.78 is 7.68. The fourth-order valence-electron chi connectivity index (χ4n) is 4.86.